The second-order valence-corrected chi connectivity index (χ2v) is 4.57. The monoisotopic (exact) mass is 255 g/mol. The van der Waals surface area contributed by atoms with Crippen molar-refractivity contribution >= 4 is 5.97 Å². The Labute approximate surface area is 104 Å². The lowest BCUT2D eigenvalue weighted by Gasteiger charge is -2.13. The molecule has 2 atom stereocenters. The van der Waals surface area contributed by atoms with Gasteiger partial charge in [-0.3, -0.25) is 4.79 Å². The van der Waals surface area contributed by atoms with E-state index in [0.717, 1.165) is 0 Å². The number of carbonyl (C=O) groups is 1. The van der Waals surface area contributed by atoms with E-state index in [9.17, 15) is 13.6 Å². The average Bonchev–Trinajstić information content (AvgIpc) is 2.82. The van der Waals surface area contributed by atoms with E-state index in [1.807, 2.05) is 6.92 Å². The summed E-state index contributed by atoms with van der Waals surface area (Å²) in [5, 5.41) is 11.8. The molecule has 0 radical (unpaired) electrons. The molecule has 1 heterocycles. The van der Waals surface area contributed by atoms with Gasteiger partial charge in [0.25, 0.3) is 0 Å². The summed E-state index contributed by atoms with van der Waals surface area (Å²) >= 11 is 0. The zero-order valence-corrected chi connectivity index (χ0v) is 10.0. The number of aliphatic carboxylic acids is 1. The maximum absolute atomic E-state index is 13.7. The molecule has 5 heteroatoms. The van der Waals surface area contributed by atoms with Crippen LogP contribution in [0.4, 0.5) is 8.78 Å². The van der Waals surface area contributed by atoms with Gasteiger partial charge in [-0.15, -0.1) is 0 Å². The molecule has 1 fully saturated rings. The molecule has 0 aromatic heterocycles. The number of rotatable bonds is 3. The number of halogens is 2. The molecule has 3 nitrogen and oxygen atoms in total. The topological polar surface area (TPSA) is 49.3 Å². The molecule has 18 heavy (non-hydrogen) atoms. The Morgan fingerprint density at radius 2 is 2.22 bits per heavy atom. The van der Waals surface area contributed by atoms with Crippen molar-refractivity contribution in [2.24, 2.45) is 5.92 Å². The van der Waals surface area contributed by atoms with Crippen LogP contribution in [-0.2, 0) is 11.2 Å². The molecule has 1 aliphatic heterocycles. The molecule has 98 valence electrons. The number of aryl methyl sites for hydroxylation is 1. The van der Waals surface area contributed by atoms with Gasteiger partial charge in [-0.1, -0.05) is 13.0 Å². The Morgan fingerprint density at radius 1 is 1.50 bits per heavy atom. The maximum atomic E-state index is 13.7. The molecule has 0 amide bonds. The predicted octanol–water partition coefficient (Wildman–Crippen LogP) is 2.26. The van der Waals surface area contributed by atoms with Crippen molar-refractivity contribution in [1.29, 1.82) is 0 Å². The van der Waals surface area contributed by atoms with Crippen molar-refractivity contribution in [3.05, 3.63) is 34.9 Å². The zero-order chi connectivity index (χ0) is 13.3. The van der Waals surface area contributed by atoms with Gasteiger partial charge in [-0.05, 0) is 24.5 Å². The second-order valence-electron chi connectivity index (χ2n) is 4.57. The third kappa shape index (κ3) is 2.36. The molecule has 1 aromatic rings. The first kappa shape index (κ1) is 13.0. The van der Waals surface area contributed by atoms with Gasteiger partial charge in [0.15, 0.2) is 11.6 Å². The van der Waals surface area contributed by atoms with E-state index in [0.29, 0.717) is 18.4 Å². The Morgan fingerprint density at radius 3 is 2.78 bits per heavy atom. The lowest BCUT2D eigenvalue weighted by Crippen LogP contribution is -2.18. The molecular formula is C13H15F2NO2. The molecule has 2 unspecified atom stereocenters. The van der Waals surface area contributed by atoms with Crippen LogP contribution < -0.4 is 5.32 Å². The first-order valence-electron chi connectivity index (χ1n) is 5.97. The summed E-state index contributed by atoms with van der Waals surface area (Å²) in [5.41, 5.74) is 0.945. The van der Waals surface area contributed by atoms with Crippen LogP contribution in [0.2, 0.25) is 0 Å². The largest absolute Gasteiger partial charge is 0.481 e. The number of hydrogen-bond donors (Lipinski definition) is 2. The Bertz CT molecular complexity index is 476. The van der Waals surface area contributed by atoms with Crippen molar-refractivity contribution in [1.82, 2.24) is 5.32 Å². The first-order valence-corrected chi connectivity index (χ1v) is 5.97. The maximum Gasteiger partial charge on any atom is 0.307 e. The fourth-order valence-corrected chi connectivity index (χ4v) is 2.29. The third-order valence-corrected chi connectivity index (χ3v) is 3.38. The summed E-state index contributed by atoms with van der Waals surface area (Å²) < 4.78 is 27.2. The summed E-state index contributed by atoms with van der Waals surface area (Å²) in [7, 11) is 0. The average molecular weight is 255 g/mol. The van der Waals surface area contributed by atoms with Crippen molar-refractivity contribution in [2.75, 3.05) is 6.54 Å². The quantitative estimate of drug-likeness (QED) is 0.871. The van der Waals surface area contributed by atoms with Crippen LogP contribution >= 0.6 is 0 Å². The summed E-state index contributed by atoms with van der Waals surface area (Å²) in [6.07, 6.45) is 0.901. The van der Waals surface area contributed by atoms with Crippen molar-refractivity contribution in [3.8, 4) is 0 Å². The van der Waals surface area contributed by atoms with E-state index in [4.69, 9.17) is 5.11 Å². The van der Waals surface area contributed by atoms with Crippen molar-refractivity contribution in [3.63, 3.8) is 0 Å². The summed E-state index contributed by atoms with van der Waals surface area (Å²) in [4.78, 5) is 10.8. The summed E-state index contributed by atoms with van der Waals surface area (Å²) in [6.45, 7) is 2.15. The van der Waals surface area contributed by atoms with E-state index in [1.165, 1.54) is 6.07 Å². The van der Waals surface area contributed by atoms with Crippen LogP contribution in [0.15, 0.2) is 12.1 Å². The molecule has 1 aliphatic rings. The molecule has 1 aromatic carbocycles. The van der Waals surface area contributed by atoms with Gasteiger partial charge < -0.3 is 10.4 Å². The van der Waals surface area contributed by atoms with Gasteiger partial charge in [0, 0.05) is 18.2 Å². The minimum Gasteiger partial charge on any atom is -0.481 e. The van der Waals surface area contributed by atoms with Crippen LogP contribution in [0.3, 0.4) is 0 Å². The fourth-order valence-electron chi connectivity index (χ4n) is 2.29. The highest BCUT2D eigenvalue weighted by molar-refractivity contribution is 5.70. The highest BCUT2D eigenvalue weighted by atomic mass is 19.2. The predicted molar refractivity (Wildman–Crippen MR) is 62.2 cm³/mol. The Kier molecular flexibility index (Phi) is 3.61. The Hall–Kier alpha value is -1.49. The molecule has 0 spiro atoms. The normalized spacial score (nSPS) is 23.3. The van der Waals surface area contributed by atoms with Crippen LogP contribution in [-0.4, -0.2) is 17.6 Å². The van der Waals surface area contributed by atoms with Gasteiger partial charge >= 0.3 is 5.97 Å². The molecule has 0 bridgehead atoms. The van der Waals surface area contributed by atoms with E-state index < -0.39 is 29.6 Å². The van der Waals surface area contributed by atoms with Gasteiger partial charge in [-0.2, -0.15) is 0 Å². The molecule has 0 aliphatic carbocycles. The second kappa shape index (κ2) is 5.02. The van der Waals surface area contributed by atoms with E-state index in [2.05, 4.69) is 5.32 Å². The molecule has 2 rings (SSSR count). The van der Waals surface area contributed by atoms with Gasteiger partial charge in [0.2, 0.25) is 0 Å². The van der Waals surface area contributed by atoms with Gasteiger partial charge in [-0.25, -0.2) is 8.78 Å². The number of nitrogens with one attached hydrogen (secondary N) is 1. The van der Waals surface area contributed by atoms with Gasteiger partial charge in [0.05, 0.1) is 5.92 Å². The third-order valence-electron chi connectivity index (χ3n) is 3.38. The lowest BCUT2D eigenvalue weighted by molar-refractivity contribution is -0.141. The van der Waals surface area contributed by atoms with Gasteiger partial charge in [0.1, 0.15) is 0 Å². The van der Waals surface area contributed by atoms with Crippen LogP contribution in [0.1, 0.15) is 30.5 Å². The van der Waals surface area contributed by atoms with Crippen LogP contribution in [0.25, 0.3) is 0 Å². The fraction of sp³-hybridized carbons (Fsp3) is 0.462. The Balaban J connectivity index is 2.29. The van der Waals surface area contributed by atoms with Crippen LogP contribution in [0, 0.1) is 17.6 Å². The SMILES string of the molecule is CCc1cc(F)c(F)c(C2CC(C(=O)O)CN2)c1. The standard InChI is InChI=1S/C13H15F2NO2/c1-2-7-3-9(12(15)10(14)4-7)11-5-8(6-16-11)13(17)18/h3-4,8,11,16H,2,5-6H2,1H3,(H,17,18). The van der Waals surface area contributed by atoms with E-state index in [-0.39, 0.29) is 12.1 Å². The highest BCUT2D eigenvalue weighted by Gasteiger charge is 2.32. The number of hydrogen-bond acceptors (Lipinski definition) is 2. The molecular weight excluding hydrogens is 240 g/mol. The minimum absolute atomic E-state index is 0.232. The first-order chi connectivity index (χ1) is 8.52. The number of carboxylic acid groups (broad SMARTS) is 1. The summed E-state index contributed by atoms with van der Waals surface area (Å²) in [6, 6.07) is 2.37. The summed E-state index contributed by atoms with van der Waals surface area (Å²) in [5.74, 6) is -3.19. The number of benzene rings is 1. The lowest BCUT2D eigenvalue weighted by atomic mass is 9.97. The smallest absolute Gasteiger partial charge is 0.307 e. The number of carboxylic acids is 1. The molecule has 0 saturated carbocycles. The van der Waals surface area contributed by atoms with Crippen LogP contribution in [0.5, 0.6) is 0 Å². The van der Waals surface area contributed by atoms with E-state index >= 15 is 0 Å². The zero-order valence-electron chi connectivity index (χ0n) is 10.0. The van der Waals surface area contributed by atoms with Crippen molar-refractivity contribution in [2.45, 2.75) is 25.8 Å². The molecule has 2 N–H and O–H groups in total. The van der Waals surface area contributed by atoms with E-state index in [1.54, 1.807) is 6.07 Å². The highest BCUT2D eigenvalue weighted by Crippen LogP contribution is 2.30. The minimum atomic E-state index is -0.905. The van der Waals surface area contributed by atoms with Crippen molar-refractivity contribution < 1.29 is 18.7 Å². The molecule has 1 saturated heterocycles.